The van der Waals surface area contributed by atoms with Gasteiger partial charge in [-0.25, -0.2) is 0 Å². The van der Waals surface area contributed by atoms with Crippen LogP contribution in [0.3, 0.4) is 0 Å². The number of rotatable bonds is 4. The van der Waals surface area contributed by atoms with Crippen molar-refractivity contribution < 1.29 is 0 Å². The number of nitrogens with one attached hydrogen (secondary N) is 1. The fourth-order valence-corrected chi connectivity index (χ4v) is 4.81. The third-order valence-corrected chi connectivity index (χ3v) is 5.94. The van der Waals surface area contributed by atoms with Crippen molar-refractivity contribution in [3.63, 3.8) is 0 Å². The van der Waals surface area contributed by atoms with Gasteiger partial charge >= 0.3 is 0 Å². The molecule has 2 fully saturated rings. The van der Waals surface area contributed by atoms with E-state index in [0.29, 0.717) is 6.04 Å². The molecule has 0 aromatic carbocycles. The molecule has 132 valence electrons. The number of aromatic nitrogens is 2. The first-order chi connectivity index (χ1) is 12.3. The second kappa shape index (κ2) is 7.16. The Morgan fingerprint density at radius 2 is 2.00 bits per heavy atom. The molecule has 3 heterocycles. The summed E-state index contributed by atoms with van der Waals surface area (Å²) in [6.07, 6.45) is 10.5. The van der Waals surface area contributed by atoms with Gasteiger partial charge in [-0.3, -0.25) is 4.98 Å². The van der Waals surface area contributed by atoms with E-state index in [9.17, 15) is 0 Å². The minimum Gasteiger partial charge on any atom is -0.352 e. The van der Waals surface area contributed by atoms with Crippen LogP contribution in [0.4, 0.5) is 0 Å². The van der Waals surface area contributed by atoms with Crippen molar-refractivity contribution in [3.05, 3.63) is 54.1 Å². The predicted molar refractivity (Wildman–Crippen MR) is 104 cm³/mol. The molecule has 1 saturated carbocycles. The summed E-state index contributed by atoms with van der Waals surface area (Å²) in [5.41, 5.74) is 2.40. The Morgan fingerprint density at radius 3 is 2.72 bits per heavy atom. The van der Waals surface area contributed by atoms with Crippen LogP contribution in [0.5, 0.6) is 0 Å². The van der Waals surface area contributed by atoms with E-state index in [2.05, 4.69) is 57.2 Å². The molecule has 5 heteroatoms. The van der Waals surface area contributed by atoms with Gasteiger partial charge in [0.25, 0.3) is 0 Å². The topological polar surface area (TPSA) is 33.1 Å². The highest BCUT2D eigenvalue weighted by Gasteiger charge is 2.44. The van der Waals surface area contributed by atoms with E-state index in [-0.39, 0.29) is 12.1 Å². The van der Waals surface area contributed by atoms with E-state index in [0.717, 1.165) is 17.4 Å². The van der Waals surface area contributed by atoms with Crippen LogP contribution in [0.25, 0.3) is 0 Å². The van der Waals surface area contributed by atoms with Crippen molar-refractivity contribution in [3.8, 4) is 0 Å². The van der Waals surface area contributed by atoms with Gasteiger partial charge in [0.15, 0.2) is 5.11 Å². The van der Waals surface area contributed by atoms with Crippen LogP contribution in [0.15, 0.2) is 42.7 Å². The molecule has 2 aromatic heterocycles. The summed E-state index contributed by atoms with van der Waals surface area (Å²) in [5.74, 6) is 0. The molecule has 0 bridgehead atoms. The van der Waals surface area contributed by atoms with Crippen LogP contribution in [0.1, 0.15) is 62.5 Å². The molecule has 1 aliphatic heterocycles. The van der Waals surface area contributed by atoms with E-state index in [1.165, 1.54) is 37.8 Å². The van der Waals surface area contributed by atoms with Gasteiger partial charge < -0.3 is 14.8 Å². The highest BCUT2D eigenvalue weighted by atomic mass is 32.1. The largest absolute Gasteiger partial charge is 0.352 e. The van der Waals surface area contributed by atoms with Crippen molar-refractivity contribution in [2.75, 3.05) is 0 Å². The first kappa shape index (κ1) is 16.6. The number of nitrogens with zero attached hydrogens (tertiary/aromatic N) is 3. The van der Waals surface area contributed by atoms with Crippen LogP contribution < -0.4 is 5.32 Å². The summed E-state index contributed by atoms with van der Waals surface area (Å²) in [4.78, 5) is 7.11. The molecule has 2 atom stereocenters. The maximum atomic E-state index is 5.81. The Morgan fingerprint density at radius 1 is 1.16 bits per heavy atom. The summed E-state index contributed by atoms with van der Waals surface area (Å²) in [7, 11) is 0. The average molecular weight is 355 g/mol. The monoisotopic (exact) mass is 354 g/mol. The molecule has 25 heavy (non-hydrogen) atoms. The van der Waals surface area contributed by atoms with Crippen LogP contribution in [0, 0.1) is 0 Å². The predicted octanol–water partition coefficient (Wildman–Crippen LogP) is 4.21. The molecule has 2 aromatic rings. The Labute approximate surface area is 155 Å². The van der Waals surface area contributed by atoms with Gasteiger partial charge in [0.2, 0.25) is 0 Å². The summed E-state index contributed by atoms with van der Waals surface area (Å²) in [5, 5.41) is 4.47. The highest BCUT2D eigenvalue weighted by Crippen LogP contribution is 2.42. The third-order valence-electron chi connectivity index (χ3n) is 5.61. The summed E-state index contributed by atoms with van der Waals surface area (Å²) >= 11 is 5.81. The van der Waals surface area contributed by atoms with Gasteiger partial charge in [-0.05, 0) is 56.2 Å². The number of aryl methyl sites for hydroxylation is 1. The quantitative estimate of drug-likeness (QED) is 0.834. The molecule has 4 rings (SSSR count). The van der Waals surface area contributed by atoms with E-state index >= 15 is 0 Å². The molecule has 1 N–H and O–H groups in total. The summed E-state index contributed by atoms with van der Waals surface area (Å²) in [6, 6.07) is 11.4. The Bertz CT molecular complexity index is 720. The first-order valence-electron chi connectivity index (χ1n) is 9.44. The Hall–Kier alpha value is -1.88. The van der Waals surface area contributed by atoms with Gasteiger partial charge in [-0.15, -0.1) is 0 Å². The molecule has 4 nitrogen and oxygen atoms in total. The molecule has 0 unspecified atom stereocenters. The Kier molecular flexibility index (Phi) is 4.75. The van der Waals surface area contributed by atoms with Crippen LogP contribution in [-0.2, 0) is 6.54 Å². The van der Waals surface area contributed by atoms with Crippen molar-refractivity contribution >= 4 is 17.3 Å². The van der Waals surface area contributed by atoms with Crippen molar-refractivity contribution in [1.82, 2.24) is 19.8 Å². The molecule has 0 spiro atoms. The van der Waals surface area contributed by atoms with Crippen LogP contribution >= 0.6 is 12.2 Å². The zero-order valence-electron chi connectivity index (χ0n) is 14.8. The number of thiocarbonyl (C=S) groups is 1. The lowest BCUT2D eigenvalue weighted by atomic mass is 9.92. The van der Waals surface area contributed by atoms with Crippen molar-refractivity contribution in [1.29, 1.82) is 0 Å². The van der Waals surface area contributed by atoms with Gasteiger partial charge in [0, 0.05) is 30.7 Å². The summed E-state index contributed by atoms with van der Waals surface area (Å²) < 4.78 is 2.34. The normalized spacial score (nSPS) is 24.5. The SMILES string of the molecule is CCn1cccc1[C@@H]1[C@@H](c2ccccn2)NC(=S)N1C1CCCCC1. The minimum absolute atomic E-state index is 0.107. The lowest BCUT2D eigenvalue weighted by Crippen LogP contribution is -2.40. The second-order valence-electron chi connectivity index (χ2n) is 7.04. The Balaban J connectivity index is 1.76. The third kappa shape index (κ3) is 3.06. The van der Waals surface area contributed by atoms with Gasteiger partial charge in [0.05, 0.1) is 17.8 Å². The number of hydrogen-bond donors (Lipinski definition) is 1. The maximum Gasteiger partial charge on any atom is 0.170 e. The van der Waals surface area contributed by atoms with Crippen LogP contribution in [-0.4, -0.2) is 25.6 Å². The summed E-state index contributed by atoms with van der Waals surface area (Å²) in [6.45, 7) is 3.17. The molecule has 1 aliphatic carbocycles. The molecule has 2 aliphatic rings. The van der Waals surface area contributed by atoms with Crippen molar-refractivity contribution in [2.24, 2.45) is 0 Å². The zero-order chi connectivity index (χ0) is 17.2. The molecular weight excluding hydrogens is 328 g/mol. The van der Waals surface area contributed by atoms with Gasteiger partial charge in [-0.2, -0.15) is 0 Å². The minimum atomic E-state index is 0.107. The second-order valence-corrected chi connectivity index (χ2v) is 7.43. The lowest BCUT2D eigenvalue weighted by molar-refractivity contribution is 0.191. The van der Waals surface area contributed by atoms with Crippen molar-refractivity contribution in [2.45, 2.75) is 63.7 Å². The van der Waals surface area contributed by atoms with E-state index in [1.54, 1.807) is 0 Å². The molecule has 0 amide bonds. The zero-order valence-corrected chi connectivity index (χ0v) is 15.6. The highest BCUT2D eigenvalue weighted by molar-refractivity contribution is 7.80. The maximum absolute atomic E-state index is 5.81. The lowest BCUT2D eigenvalue weighted by Gasteiger charge is -2.37. The van der Waals surface area contributed by atoms with E-state index in [4.69, 9.17) is 12.2 Å². The molecule has 0 radical (unpaired) electrons. The van der Waals surface area contributed by atoms with Gasteiger partial charge in [0.1, 0.15) is 0 Å². The smallest absolute Gasteiger partial charge is 0.170 e. The standard InChI is InChI=1S/C20H26N4S/c1-2-23-14-8-12-17(23)19-18(16-11-6-7-13-21-16)22-20(25)24(19)15-9-4-3-5-10-15/h6-8,11-15,18-19H,2-5,9-10H2,1H3,(H,22,25)/t18-,19-/m1/s1. The van der Waals surface area contributed by atoms with Gasteiger partial charge in [-0.1, -0.05) is 25.3 Å². The van der Waals surface area contributed by atoms with E-state index < -0.39 is 0 Å². The average Bonchev–Trinajstić information content (AvgIpc) is 3.26. The molecular formula is C20H26N4S. The fourth-order valence-electron chi connectivity index (χ4n) is 4.42. The number of hydrogen-bond acceptors (Lipinski definition) is 2. The molecule has 1 saturated heterocycles. The van der Waals surface area contributed by atoms with E-state index in [1.807, 2.05) is 12.3 Å². The first-order valence-corrected chi connectivity index (χ1v) is 9.85. The van der Waals surface area contributed by atoms with Crippen LogP contribution in [0.2, 0.25) is 0 Å². The fraction of sp³-hybridized carbons (Fsp3) is 0.500. The number of pyridine rings is 1.